The van der Waals surface area contributed by atoms with Crippen LogP contribution in [0.25, 0.3) is 16.7 Å². The van der Waals surface area contributed by atoms with Crippen LogP contribution in [-0.4, -0.2) is 41.6 Å². The second kappa shape index (κ2) is 9.21. The number of nitrogens with zero attached hydrogens (tertiary/aromatic N) is 3. The normalized spacial score (nSPS) is 12.0. The van der Waals surface area contributed by atoms with Crippen molar-refractivity contribution in [3.05, 3.63) is 57.1 Å². The van der Waals surface area contributed by atoms with Crippen LogP contribution in [0.3, 0.4) is 0 Å². The Balaban J connectivity index is 2.32. The first kappa shape index (κ1) is 23.0. The monoisotopic (exact) mass is 456 g/mol. The SMILES string of the molecule is CCc1ncccc1-n1c(=O)c(NCC(OC)OC)nc2cc(Cl)c(C(F)(F)F)cc21. The lowest BCUT2D eigenvalue weighted by molar-refractivity contribution is -0.137. The van der Waals surface area contributed by atoms with E-state index >= 15 is 0 Å². The average Bonchev–Trinajstić information content (AvgIpc) is 2.74. The van der Waals surface area contributed by atoms with Crippen LogP contribution in [0.1, 0.15) is 18.2 Å². The highest BCUT2D eigenvalue weighted by Gasteiger charge is 2.34. The van der Waals surface area contributed by atoms with Crippen molar-refractivity contribution in [3.8, 4) is 5.69 Å². The second-order valence-corrected chi connectivity index (χ2v) is 6.93. The summed E-state index contributed by atoms with van der Waals surface area (Å²) in [4.78, 5) is 21.8. The molecule has 0 atom stereocenters. The first-order valence-electron chi connectivity index (χ1n) is 9.28. The lowest BCUT2D eigenvalue weighted by Gasteiger charge is -2.18. The topological polar surface area (TPSA) is 78.3 Å². The van der Waals surface area contributed by atoms with Gasteiger partial charge in [0, 0.05) is 20.4 Å². The summed E-state index contributed by atoms with van der Waals surface area (Å²) in [5, 5.41) is 2.32. The minimum atomic E-state index is -4.70. The molecule has 0 fully saturated rings. The molecule has 7 nitrogen and oxygen atoms in total. The van der Waals surface area contributed by atoms with Gasteiger partial charge in [0.05, 0.1) is 39.5 Å². The van der Waals surface area contributed by atoms with E-state index in [-0.39, 0.29) is 23.4 Å². The van der Waals surface area contributed by atoms with Crippen LogP contribution in [0.5, 0.6) is 0 Å². The van der Waals surface area contributed by atoms with Gasteiger partial charge in [-0.25, -0.2) is 4.98 Å². The second-order valence-electron chi connectivity index (χ2n) is 6.52. The summed E-state index contributed by atoms with van der Waals surface area (Å²) in [6.07, 6.45) is -3.35. The summed E-state index contributed by atoms with van der Waals surface area (Å²) in [5.74, 6) is -0.0895. The Kier molecular flexibility index (Phi) is 6.83. The molecule has 0 saturated carbocycles. The molecule has 0 radical (unpaired) electrons. The Labute approximate surface area is 180 Å². The zero-order valence-electron chi connectivity index (χ0n) is 17.0. The summed E-state index contributed by atoms with van der Waals surface area (Å²) in [6.45, 7) is 1.92. The molecule has 11 heteroatoms. The molecule has 0 saturated heterocycles. The summed E-state index contributed by atoms with van der Waals surface area (Å²) >= 11 is 5.89. The molecule has 0 bridgehead atoms. The van der Waals surface area contributed by atoms with Crippen LogP contribution in [0.15, 0.2) is 35.3 Å². The van der Waals surface area contributed by atoms with Crippen molar-refractivity contribution >= 4 is 28.5 Å². The number of aromatic nitrogens is 3. The lowest BCUT2D eigenvalue weighted by atomic mass is 10.1. The molecule has 0 spiro atoms. The van der Waals surface area contributed by atoms with E-state index in [2.05, 4.69) is 15.3 Å². The van der Waals surface area contributed by atoms with Crippen molar-refractivity contribution in [2.24, 2.45) is 0 Å². The van der Waals surface area contributed by atoms with Gasteiger partial charge in [-0.05, 0) is 30.7 Å². The van der Waals surface area contributed by atoms with E-state index in [1.165, 1.54) is 14.2 Å². The molecule has 0 unspecified atom stereocenters. The zero-order valence-corrected chi connectivity index (χ0v) is 17.7. The van der Waals surface area contributed by atoms with Crippen LogP contribution in [0, 0.1) is 0 Å². The molecule has 31 heavy (non-hydrogen) atoms. The fourth-order valence-corrected chi connectivity index (χ4v) is 3.39. The van der Waals surface area contributed by atoms with Crippen LogP contribution in [0.4, 0.5) is 19.0 Å². The molecule has 166 valence electrons. The van der Waals surface area contributed by atoms with Crippen LogP contribution in [-0.2, 0) is 22.1 Å². The largest absolute Gasteiger partial charge is 0.417 e. The third-order valence-electron chi connectivity index (χ3n) is 4.65. The number of anilines is 1. The first-order chi connectivity index (χ1) is 14.7. The van der Waals surface area contributed by atoms with Gasteiger partial charge >= 0.3 is 6.18 Å². The maximum atomic E-state index is 13.5. The third-order valence-corrected chi connectivity index (χ3v) is 4.97. The van der Waals surface area contributed by atoms with E-state index in [1.807, 2.05) is 6.92 Å². The van der Waals surface area contributed by atoms with E-state index in [9.17, 15) is 18.0 Å². The lowest BCUT2D eigenvalue weighted by Crippen LogP contribution is -2.30. The Hall–Kier alpha value is -2.69. The van der Waals surface area contributed by atoms with Crippen molar-refractivity contribution < 1.29 is 22.6 Å². The van der Waals surface area contributed by atoms with E-state index in [0.29, 0.717) is 17.8 Å². The number of pyridine rings is 1. The van der Waals surface area contributed by atoms with E-state index < -0.39 is 28.6 Å². The van der Waals surface area contributed by atoms with Crippen LogP contribution >= 0.6 is 11.6 Å². The number of nitrogens with one attached hydrogen (secondary N) is 1. The fourth-order valence-electron chi connectivity index (χ4n) is 3.12. The molecule has 0 aliphatic heterocycles. The number of methoxy groups -OCH3 is 2. The number of aryl methyl sites for hydroxylation is 1. The zero-order chi connectivity index (χ0) is 22.8. The molecule has 3 aromatic rings. The number of hydrogen-bond acceptors (Lipinski definition) is 6. The molecule has 0 aliphatic carbocycles. The Bertz CT molecular complexity index is 1150. The number of benzene rings is 1. The third kappa shape index (κ3) is 4.65. The van der Waals surface area contributed by atoms with E-state index in [1.54, 1.807) is 18.3 Å². The smallest absolute Gasteiger partial charge is 0.360 e. The average molecular weight is 457 g/mol. The predicted molar refractivity (Wildman–Crippen MR) is 111 cm³/mol. The van der Waals surface area contributed by atoms with Gasteiger partial charge in [0.25, 0.3) is 5.56 Å². The Morgan fingerprint density at radius 1 is 1.26 bits per heavy atom. The van der Waals surface area contributed by atoms with Gasteiger partial charge in [0.1, 0.15) is 0 Å². The number of hydrogen-bond donors (Lipinski definition) is 1. The maximum absolute atomic E-state index is 13.5. The van der Waals surface area contributed by atoms with Gasteiger partial charge in [0.2, 0.25) is 0 Å². The van der Waals surface area contributed by atoms with Crippen molar-refractivity contribution in [1.82, 2.24) is 14.5 Å². The van der Waals surface area contributed by atoms with Crippen molar-refractivity contribution in [3.63, 3.8) is 0 Å². The standard InChI is InChI=1S/C20H20ClF3N4O3/c1-4-13-15(6-5-7-25-13)28-16-8-11(20(22,23)24)12(21)9-14(16)27-18(19(28)29)26-10-17(30-2)31-3/h5-9,17H,4,10H2,1-3H3,(H,26,27). The van der Waals surface area contributed by atoms with Crippen LogP contribution < -0.4 is 10.9 Å². The summed E-state index contributed by atoms with van der Waals surface area (Å²) in [6, 6.07) is 5.14. The molecule has 0 aliphatic rings. The number of ether oxygens (including phenoxy) is 2. The number of fused-ring (bicyclic) bond motifs is 1. The number of rotatable bonds is 7. The summed E-state index contributed by atoms with van der Waals surface area (Å²) < 4.78 is 51.8. The van der Waals surface area contributed by atoms with Gasteiger partial charge in [0.15, 0.2) is 12.1 Å². The van der Waals surface area contributed by atoms with Crippen LogP contribution in [0.2, 0.25) is 5.02 Å². The predicted octanol–water partition coefficient (Wildman–Crippen LogP) is 4.05. The van der Waals surface area contributed by atoms with E-state index in [4.69, 9.17) is 21.1 Å². The van der Waals surface area contributed by atoms with Crippen molar-refractivity contribution in [2.75, 3.05) is 26.1 Å². The molecule has 0 amide bonds. The highest BCUT2D eigenvalue weighted by atomic mass is 35.5. The van der Waals surface area contributed by atoms with Gasteiger partial charge in [-0.1, -0.05) is 18.5 Å². The van der Waals surface area contributed by atoms with Crippen molar-refractivity contribution in [1.29, 1.82) is 0 Å². The van der Waals surface area contributed by atoms with Gasteiger partial charge in [-0.15, -0.1) is 0 Å². The molecule has 1 aromatic carbocycles. The minimum Gasteiger partial charge on any atom is -0.360 e. The fraction of sp³-hybridized carbons (Fsp3) is 0.350. The molecule has 3 rings (SSSR count). The van der Waals surface area contributed by atoms with Gasteiger partial charge in [-0.2, -0.15) is 13.2 Å². The van der Waals surface area contributed by atoms with Crippen molar-refractivity contribution in [2.45, 2.75) is 25.8 Å². The minimum absolute atomic E-state index is 0.0370. The molecule has 1 N–H and O–H groups in total. The molecular weight excluding hydrogens is 437 g/mol. The number of alkyl halides is 3. The Morgan fingerprint density at radius 3 is 2.58 bits per heavy atom. The molecule has 2 aromatic heterocycles. The molecular formula is C20H20ClF3N4O3. The van der Waals surface area contributed by atoms with Gasteiger partial charge < -0.3 is 14.8 Å². The maximum Gasteiger partial charge on any atom is 0.417 e. The number of halogens is 4. The highest BCUT2D eigenvalue weighted by Crippen LogP contribution is 2.37. The quantitative estimate of drug-likeness (QED) is 0.540. The first-order valence-corrected chi connectivity index (χ1v) is 9.66. The van der Waals surface area contributed by atoms with Gasteiger partial charge in [-0.3, -0.25) is 14.3 Å². The summed E-state index contributed by atoms with van der Waals surface area (Å²) in [7, 11) is 2.87. The summed E-state index contributed by atoms with van der Waals surface area (Å²) in [5.41, 5.74) is -0.730. The van der Waals surface area contributed by atoms with E-state index in [0.717, 1.165) is 16.7 Å². The Morgan fingerprint density at radius 2 is 1.97 bits per heavy atom. The highest BCUT2D eigenvalue weighted by molar-refractivity contribution is 6.32. The molecule has 2 heterocycles.